The van der Waals surface area contributed by atoms with Crippen molar-refractivity contribution in [1.82, 2.24) is 15.0 Å². The van der Waals surface area contributed by atoms with E-state index in [4.69, 9.17) is 0 Å². The summed E-state index contributed by atoms with van der Waals surface area (Å²) < 4.78 is 0. The number of H-pyrrole nitrogens is 1. The molecular weight excluding hydrogens is 316 g/mol. The maximum absolute atomic E-state index is 4.60. The van der Waals surface area contributed by atoms with Crippen LogP contribution in [0.5, 0.6) is 0 Å². The third-order valence-corrected chi connectivity index (χ3v) is 4.76. The van der Waals surface area contributed by atoms with Crippen molar-refractivity contribution < 1.29 is 0 Å². The number of aryl methyl sites for hydroxylation is 1. The van der Waals surface area contributed by atoms with Gasteiger partial charge in [0.15, 0.2) is 0 Å². The molecular formula is C19H18N4S. The number of aromatic nitrogens is 3. The number of hydrogen-bond acceptors (Lipinski definition) is 4. The maximum atomic E-state index is 4.60. The van der Waals surface area contributed by atoms with Gasteiger partial charge in [0.05, 0.1) is 11.0 Å². The van der Waals surface area contributed by atoms with Crippen LogP contribution in [0.2, 0.25) is 0 Å². The Morgan fingerprint density at radius 2 is 2.00 bits per heavy atom. The van der Waals surface area contributed by atoms with Crippen molar-refractivity contribution in [3.8, 4) is 10.6 Å². The van der Waals surface area contributed by atoms with E-state index < -0.39 is 0 Å². The van der Waals surface area contributed by atoms with Crippen LogP contribution in [0.25, 0.3) is 21.6 Å². The first-order chi connectivity index (χ1) is 11.9. The Morgan fingerprint density at radius 3 is 2.83 bits per heavy atom. The van der Waals surface area contributed by atoms with Gasteiger partial charge in [-0.2, -0.15) is 0 Å². The molecule has 0 aliphatic carbocycles. The quantitative estimate of drug-likeness (QED) is 0.501. The SMILES string of the molecule is c1ccc(CCCNc2nc3ccc(-c4nccs4)cc3[nH]2)cc1. The Labute approximate surface area is 144 Å². The van der Waals surface area contributed by atoms with Gasteiger partial charge < -0.3 is 10.3 Å². The monoisotopic (exact) mass is 334 g/mol. The van der Waals surface area contributed by atoms with Gasteiger partial charge in [0, 0.05) is 23.7 Å². The van der Waals surface area contributed by atoms with Crippen LogP contribution in [-0.4, -0.2) is 21.5 Å². The van der Waals surface area contributed by atoms with Gasteiger partial charge in [-0.15, -0.1) is 11.3 Å². The number of anilines is 1. The number of nitrogens with zero attached hydrogens (tertiary/aromatic N) is 2. The number of benzene rings is 2. The highest BCUT2D eigenvalue weighted by Gasteiger charge is 2.06. The molecule has 2 N–H and O–H groups in total. The molecule has 2 heterocycles. The molecule has 4 nitrogen and oxygen atoms in total. The molecule has 4 rings (SSSR count). The molecule has 0 spiro atoms. The van der Waals surface area contributed by atoms with Crippen LogP contribution in [0.3, 0.4) is 0 Å². The molecule has 0 unspecified atom stereocenters. The fraction of sp³-hybridized carbons (Fsp3) is 0.158. The average Bonchev–Trinajstić information content (AvgIpc) is 3.28. The fourth-order valence-corrected chi connectivity index (χ4v) is 3.37. The lowest BCUT2D eigenvalue weighted by atomic mass is 10.1. The van der Waals surface area contributed by atoms with Gasteiger partial charge in [0.2, 0.25) is 5.95 Å². The van der Waals surface area contributed by atoms with E-state index in [1.165, 1.54) is 5.56 Å². The summed E-state index contributed by atoms with van der Waals surface area (Å²) in [6, 6.07) is 16.8. The van der Waals surface area contributed by atoms with Crippen LogP contribution >= 0.6 is 11.3 Å². The highest BCUT2D eigenvalue weighted by Crippen LogP contribution is 2.25. The Bertz CT molecular complexity index is 913. The van der Waals surface area contributed by atoms with Gasteiger partial charge in [0.1, 0.15) is 5.01 Å². The van der Waals surface area contributed by atoms with E-state index in [9.17, 15) is 0 Å². The highest BCUT2D eigenvalue weighted by molar-refractivity contribution is 7.13. The summed E-state index contributed by atoms with van der Waals surface area (Å²) in [6.45, 7) is 0.897. The van der Waals surface area contributed by atoms with Crippen LogP contribution in [-0.2, 0) is 6.42 Å². The topological polar surface area (TPSA) is 53.6 Å². The smallest absolute Gasteiger partial charge is 0.201 e. The molecule has 0 aliphatic rings. The molecule has 5 heteroatoms. The first-order valence-corrected chi connectivity index (χ1v) is 8.94. The molecule has 120 valence electrons. The zero-order chi connectivity index (χ0) is 16.2. The van der Waals surface area contributed by atoms with Crippen molar-refractivity contribution in [2.24, 2.45) is 0 Å². The number of thiazole rings is 1. The second-order valence-corrected chi connectivity index (χ2v) is 6.57. The van der Waals surface area contributed by atoms with Crippen LogP contribution < -0.4 is 5.32 Å². The van der Waals surface area contributed by atoms with Crippen molar-refractivity contribution >= 4 is 28.3 Å². The Kier molecular flexibility index (Phi) is 4.25. The minimum atomic E-state index is 0.828. The summed E-state index contributed by atoms with van der Waals surface area (Å²) in [6.07, 6.45) is 3.98. The molecule has 0 bridgehead atoms. The Hall–Kier alpha value is -2.66. The van der Waals surface area contributed by atoms with Gasteiger partial charge in [-0.1, -0.05) is 30.3 Å². The van der Waals surface area contributed by atoms with Gasteiger partial charge in [0.25, 0.3) is 0 Å². The number of fused-ring (bicyclic) bond motifs is 1. The molecule has 24 heavy (non-hydrogen) atoms. The maximum Gasteiger partial charge on any atom is 0.201 e. The van der Waals surface area contributed by atoms with E-state index in [0.29, 0.717) is 0 Å². The zero-order valence-electron chi connectivity index (χ0n) is 13.2. The van der Waals surface area contributed by atoms with Crippen molar-refractivity contribution in [2.75, 3.05) is 11.9 Å². The molecule has 0 amide bonds. The number of aromatic amines is 1. The summed E-state index contributed by atoms with van der Waals surface area (Å²) in [5.41, 5.74) is 4.50. The lowest BCUT2D eigenvalue weighted by Crippen LogP contribution is -2.04. The van der Waals surface area contributed by atoms with E-state index >= 15 is 0 Å². The molecule has 0 aliphatic heterocycles. The lowest BCUT2D eigenvalue weighted by Gasteiger charge is -2.03. The third-order valence-electron chi connectivity index (χ3n) is 3.94. The lowest BCUT2D eigenvalue weighted by molar-refractivity contribution is 0.856. The van der Waals surface area contributed by atoms with Crippen LogP contribution in [0.4, 0.5) is 5.95 Å². The minimum Gasteiger partial charge on any atom is -0.356 e. The summed E-state index contributed by atoms with van der Waals surface area (Å²) >= 11 is 1.65. The molecule has 2 aromatic heterocycles. The van der Waals surface area contributed by atoms with Crippen molar-refractivity contribution in [3.05, 3.63) is 65.7 Å². The molecule has 0 radical (unpaired) electrons. The first kappa shape index (κ1) is 14.9. The normalized spacial score (nSPS) is 11.0. The first-order valence-electron chi connectivity index (χ1n) is 8.06. The predicted molar refractivity (Wildman–Crippen MR) is 100 cm³/mol. The Balaban J connectivity index is 1.40. The molecule has 0 saturated carbocycles. The van der Waals surface area contributed by atoms with Crippen LogP contribution in [0, 0.1) is 0 Å². The van der Waals surface area contributed by atoms with E-state index in [1.54, 1.807) is 11.3 Å². The van der Waals surface area contributed by atoms with Crippen molar-refractivity contribution in [1.29, 1.82) is 0 Å². The standard InChI is InChI=1S/C19H18N4S/c1-2-5-14(6-3-1)7-4-10-21-19-22-16-9-8-15(13-17(16)23-19)18-20-11-12-24-18/h1-3,5-6,8-9,11-13H,4,7,10H2,(H2,21,22,23). The molecule has 4 aromatic rings. The summed E-state index contributed by atoms with van der Waals surface area (Å²) in [5.74, 6) is 0.828. The number of hydrogen-bond donors (Lipinski definition) is 2. The minimum absolute atomic E-state index is 0.828. The largest absolute Gasteiger partial charge is 0.356 e. The average molecular weight is 334 g/mol. The molecule has 0 atom stereocenters. The van der Waals surface area contributed by atoms with E-state index in [2.05, 4.69) is 62.7 Å². The predicted octanol–water partition coefficient (Wildman–Crippen LogP) is 4.73. The van der Waals surface area contributed by atoms with Crippen molar-refractivity contribution in [3.63, 3.8) is 0 Å². The fourth-order valence-electron chi connectivity index (χ4n) is 2.74. The van der Waals surface area contributed by atoms with E-state index in [0.717, 1.165) is 46.9 Å². The summed E-state index contributed by atoms with van der Waals surface area (Å²) in [4.78, 5) is 12.3. The Morgan fingerprint density at radius 1 is 1.08 bits per heavy atom. The van der Waals surface area contributed by atoms with Gasteiger partial charge in [-0.25, -0.2) is 9.97 Å². The third kappa shape index (κ3) is 3.31. The van der Waals surface area contributed by atoms with Gasteiger partial charge in [-0.3, -0.25) is 0 Å². The summed E-state index contributed by atoms with van der Waals surface area (Å²) in [7, 11) is 0. The van der Waals surface area contributed by atoms with Crippen LogP contribution in [0.15, 0.2) is 60.1 Å². The number of nitrogens with one attached hydrogen (secondary N) is 2. The van der Waals surface area contributed by atoms with Gasteiger partial charge in [-0.05, 0) is 36.6 Å². The zero-order valence-corrected chi connectivity index (χ0v) is 14.0. The van der Waals surface area contributed by atoms with Gasteiger partial charge >= 0.3 is 0 Å². The van der Waals surface area contributed by atoms with Crippen LogP contribution in [0.1, 0.15) is 12.0 Å². The number of imidazole rings is 1. The number of rotatable bonds is 6. The molecule has 0 fully saturated rings. The summed E-state index contributed by atoms with van der Waals surface area (Å²) in [5, 5.41) is 6.40. The van der Waals surface area contributed by atoms with Crippen molar-refractivity contribution in [2.45, 2.75) is 12.8 Å². The molecule has 2 aromatic carbocycles. The van der Waals surface area contributed by atoms with E-state index in [-0.39, 0.29) is 0 Å². The molecule has 0 saturated heterocycles. The second kappa shape index (κ2) is 6.84. The second-order valence-electron chi connectivity index (χ2n) is 5.67. The van der Waals surface area contributed by atoms with E-state index in [1.807, 2.05) is 17.6 Å². The highest BCUT2D eigenvalue weighted by atomic mass is 32.1.